The van der Waals surface area contributed by atoms with Crippen molar-refractivity contribution in [2.75, 3.05) is 11.8 Å². The van der Waals surface area contributed by atoms with Gasteiger partial charge in [-0.25, -0.2) is 8.42 Å². The van der Waals surface area contributed by atoms with E-state index < -0.39 is 27.9 Å². The largest absolute Gasteiger partial charge is 0.469 e. The highest BCUT2D eigenvalue weighted by Gasteiger charge is 2.21. The van der Waals surface area contributed by atoms with E-state index in [-0.39, 0.29) is 16.9 Å². The molecule has 2 N–H and O–H groups in total. The molecule has 3 rings (SSSR count). The normalized spacial score (nSPS) is 11.9. The summed E-state index contributed by atoms with van der Waals surface area (Å²) in [5.74, 6) is -1.01. The van der Waals surface area contributed by atoms with Crippen LogP contribution in [0, 0.1) is 0 Å². The average molecular weight is 473 g/mol. The summed E-state index contributed by atoms with van der Waals surface area (Å²) in [6.45, 7) is 0. The van der Waals surface area contributed by atoms with Crippen molar-refractivity contribution in [3.63, 3.8) is 0 Å². The fraction of sp³-hybridized carbons (Fsp3) is 0.130. The standard InChI is InChI=1S/C23H21ClN2O5S/c1-31-22(27)15-21(16-7-3-2-4-8-16)25-23(28)17-9-5-12-20(13-17)32(29,30)26-19-11-6-10-18(24)14-19/h2-14,21,26H,15H2,1H3,(H,25,28). The van der Waals surface area contributed by atoms with Crippen LogP contribution < -0.4 is 10.0 Å². The van der Waals surface area contributed by atoms with Gasteiger partial charge >= 0.3 is 5.97 Å². The molecule has 3 aromatic carbocycles. The molecular formula is C23H21ClN2O5S. The summed E-state index contributed by atoms with van der Waals surface area (Å²) in [5.41, 5.74) is 1.15. The molecule has 0 aliphatic heterocycles. The first-order chi connectivity index (χ1) is 15.3. The molecule has 0 aliphatic rings. The molecule has 0 aromatic heterocycles. The first-order valence-corrected chi connectivity index (χ1v) is 11.5. The Hall–Kier alpha value is -3.36. The maximum Gasteiger partial charge on any atom is 0.307 e. The molecule has 0 saturated heterocycles. The van der Waals surface area contributed by atoms with Crippen molar-refractivity contribution in [2.45, 2.75) is 17.4 Å². The van der Waals surface area contributed by atoms with E-state index in [0.29, 0.717) is 10.7 Å². The van der Waals surface area contributed by atoms with E-state index in [1.807, 2.05) is 6.07 Å². The van der Waals surface area contributed by atoms with Crippen molar-refractivity contribution in [2.24, 2.45) is 0 Å². The minimum atomic E-state index is -3.95. The number of rotatable bonds is 8. The number of halogens is 1. The molecule has 7 nitrogen and oxygen atoms in total. The second kappa shape index (κ2) is 10.3. The van der Waals surface area contributed by atoms with Crippen LogP contribution in [-0.4, -0.2) is 27.4 Å². The molecule has 1 unspecified atom stereocenters. The molecule has 0 aliphatic carbocycles. The predicted molar refractivity (Wildman–Crippen MR) is 122 cm³/mol. The molecule has 3 aromatic rings. The number of nitrogens with one attached hydrogen (secondary N) is 2. The Bertz CT molecular complexity index is 1220. The number of carbonyl (C=O) groups excluding carboxylic acids is 2. The minimum Gasteiger partial charge on any atom is -0.469 e. The number of anilines is 1. The number of hydrogen-bond donors (Lipinski definition) is 2. The van der Waals surface area contributed by atoms with Gasteiger partial charge in [-0.2, -0.15) is 0 Å². The number of methoxy groups -OCH3 is 1. The van der Waals surface area contributed by atoms with Gasteiger partial charge in [0.1, 0.15) is 0 Å². The summed E-state index contributed by atoms with van der Waals surface area (Å²) < 4.78 is 32.7. The zero-order valence-corrected chi connectivity index (χ0v) is 18.7. The van der Waals surface area contributed by atoms with E-state index in [9.17, 15) is 18.0 Å². The first-order valence-electron chi connectivity index (χ1n) is 9.59. The Morgan fingerprint density at radius 3 is 2.38 bits per heavy atom. The van der Waals surface area contributed by atoms with Crippen LogP contribution in [0.25, 0.3) is 0 Å². The van der Waals surface area contributed by atoms with E-state index >= 15 is 0 Å². The van der Waals surface area contributed by atoms with Crippen molar-refractivity contribution in [3.8, 4) is 0 Å². The molecule has 0 bridgehead atoms. The highest BCUT2D eigenvalue weighted by molar-refractivity contribution is 7.92. The highest BCUT2D eigenvalue weighted by Crippen LogP contribution is 2.22. The molecule has 0 saturated carbocycles. The second-order valence-electron chi connectivity index (χ2n) is 6.86. The van der Waals surface area contributed by atoms with Crippen LogP contribution in [0.3, 0.4) is 0 Å². The van der Waals surface area contributed by atoms with E-state index in [2.05, 4.69) is 10.0 Å². The third-order valence-corrected chi connectivity index (χ3v) is 6.20. The molecule has 9 heteroatoms. The average Bonchev–Trinajstić information content (AvgIpc) is 2.79. The lowest BCUT2D eigenvalue weighted by Crippen LogP contribution is -2.30. The summed E-state index contributed by atoms with van der Waals surface area (Å²) >= 11 is 5.91. The van der Waals surface area contributed by atoms with Crippen molar-refractivity contribution in [1.29, 1.82) is 0 Å². The minimum absolute atomic E-state index is 0.0689. The molecule has 0 heterocycles. The monoisotopic (exact) mass is 472 g/mol. The van der Waals surface area contributed by atoms with Gasteiger partial charge in [0, 0.05) is 10.6 Å². The Kier molecular flexibility index (Phi) is 7.50. The number of sulfonamides is 1. The van der Waals surface area contributed by atoms with Gasteiger partial charge < -0.3 is 10.1 Å². The molecule has 0 radical (unpaired) electrons. The van der Waals surface area contributed by atoms with Gasteiger partial charge in [-0.05, 0) is 42.0 Å². The summed E-state index contributed by atoms with van der Waals surface area (Å²) in [6.07, 6.45) is -0.0689. The lowest BCUT2D eigenvalue weighted by atomic mass is 10.0. The maximum absolute atomic E-state index is 12.9. The summed E-state index contributed by atoms with van der Waals surface area (Å²) in [6, 6.07) is 20.2. The Balaban J connectivity index is 1.82. The fourth-order valence-electron chi connectivity index (χ4n) is 3.00. The van der Waals surface area contributed by atoms with Crippen molar-refractivity contribution in [1.82, 2.24) is 5.32 Å². The van der Waals surface area contributed by atoms with Crippen LogP contribution in [-0.2, 0) is 19.6 Å². The van der Waals surface area contributed by atoms with Crippen LogP contribution in [0.5, 0.6) is 0 Å². The van der Waals surface area contributed by atoms with Gasteiger partial charge in [0.25, 0.3) is 15.9 Å². The quantitative estimate of drug-likeness (QED) is 0.479. The van der Waals surface area contributed by atoms with E-state index in [4.69, 9.17) is 16.3 Å². The highest BCUT2D eigenvalue weighted by atomic mass is 35.5. The summed E-state index contributed by atoms with van der Waals surface area (Å²) in [7, 11) is -2.68. The predicted octanol–water partition coefficient (Wildman–Crippen LogP) is 4.18. The summed E-state index contributed by atoms with van der Waals surface area (Å²) in [5, 5.41) is 3.16. The second-order valence-corrected chi connectivity index (χ2v) is 8.98. The van der Waals surface area contributed by atoms with Crippen LogP contribution in [0.2, 0.25) is 5.02 Å². The lowest BCUT2D eigenvalue weighted by Gasteiger charge is -2.18. The summed E-state index contributed by atoms with van der Waals surface area (Å²) in [4.78, 5) is 24.6. The van der Waals surface area contributed by atoms with E-state index in [1.54, 1.807) is 42.5 Å². The number of benzene rings is 3. The molecule has 166 valence electrons. The zero-order valence-electron chi connectivity index (χ0n) is 17.1. The van der Waals surface area contributed by atoms with Crippen molar-refractivity contribution in [3.05, 3.63) is 95.0 Å². The molecule has 0 spiro atoms. The van der Waals surface area contributed by atoms with Gasteiger partial charge in [-0.3, -0.25) is 14.3 Å². The number of esters is 1. The maximum atomic E-state index is 12.9. The molecule has 32 heavy (non-hydrogen) atoms. The lowest BCUT2D eigenvalue weighted by molar-refractivity contribution is -0.141. The fourth-order valence-corrected chi connectivity index (χ4v) is 4.28. The third kappa shape index (κ3) is 6.09. The van der Waals surface area contributed by atoms with Gasteiger partial charge in [-0.15, -0.1) is 0 Å². The smallest absolute Gasteiger partial charge is 0.307 e. The Morgan fingerprint density at radius 1 is 0.969 bits per heavy atom. The Morgan fingerprint density at radius 2 is 1.69 bits per heavy atom. The van der Waals surface area contributed by atoms with Gasteiger partial charge in [0.2, 0.25) is 0 Å². The number of ether oxygens (including phenoxy) is 1. The van der Waals surface area contributed by atoms with Crippen molar-refractivity contribution >= 4 is 39.2 Å². The molecule has 1 amide bonds. The van der Waals surface area contributed by atoms with Gasteiger partial charge in [0.05, 0.1) is 30.2 Å². The van der Waals surface area contributed by atoms with Crippen LogP contribution >= 0.6 is 11.6 Å². The molecule has 1 atom stereocenters. The van der Waals surface area contributed by atoms with Crippen LogP contribution in [0.1, 0.15) is 28.4 Å². The zero-order chi connectivity index (χ0) is 23.1. The molecule has 0 fully saturated rings. The Labute approximate surface area is 191 Å². The number of carbonyl (C=O) groups is 2. The SMILES string of the molecule is COC(=O)CC(NC(=O)c1cccc(S(=O)(=O)Nc2cccc(Cl)c2)c1)c1ccccc1. The van der Waals surface area contributed by atoms with Crippen LogP contribution in [0.15, 0.2) is 83.8 Å². The topological polar surface area (TPSA) is 102 Å². The van der Waals surface area contributed by atoms with E-state index in [1.165, 1.54) is 37.4 Å². The number of hydrogen-bond acceptors (Lipinski definition) is 5. The van der Waals surface area contributed by atoms with E-state index in [0.717, 1.165) is 5.56 Å². The van der Waals surface area contributed by atoms with Gasteiger partial charge in [0.15, 0.2) is 0 Å². The van der Waals surface area contributed by atoms with Crippen molar-refractivity contribution < 1.29 is 22.7 Å². The molecular weight excluding hydrogens is 452 g/mol. The first kappa shape index (κ1) is 23.3. The van der Waals surface area contributed by atoms with Crippen LogP contribution in [0.4, 0.5) is 5.69 Å². The third-order valence-electron chi connectivity index (χ3n) is 4.59. The number of amides is 1. The van der Waals surface area contributed by atoms with Gasteiger partial charge in [-0.1, -0.05) is 54.1 Å².